The summed E-state index contributed by atoms with van der Waals surface area (Å²) in [5.41, 5.74) is 0.771. The summed E-state index contributed by atoms with van der Waals surface area (Å²) in [4.78, 5) is 0.331. The first kappa shape index (κ1) is 15.5. The van der Waals surface area contributed by atoms with Crippen molar-refractivity contribution in [2.45, 2.75) is 49.9 Å². The maximum atomic E-state index is 12.2. The normalized spacial score (nSPS) is 13.8. The minimum Gasteiger partial charge on any atom is -0.209 e. The van der Waals surface area contributed by atoms with E-state index in [0.29, 0.717) is 11.3 Å². The lowest BCUT2D eigenvalue weighted by Gasteiger charge is -2.14. The highest BCUT2D eigenvalue weighted by atomic mass is 35.5. The van der Waals surface area contributed by atoms with Gasteiger partial charge in [0, 0.05) is 11.4 Å². The van der Waals surface area contributed by atoms with Crippen molar-refractivity contribution in [3.8, 4) is 0 Å². The van der Waals surface area contributed by atoms with Gasteiger partial charge in [0.1, 0.15) is 0 Å². The number of benzene rings is 1. The van der Waals surface area contributed by atoms with Crippen LogP contribution in [0, 0.1) is 0 Å². The van der Waals surface area contributed by atoms with Gasteiger partial charge in [-0.1, -0.05) is 25.1 Å². The van der Waals surface area contributed by atoms with Crippen LogP contribution in [0.15, 0.2) is 29.2 Å². The summed E-state index contributed by atoms with van der Waals surface area (Å²) in [6.45, 7) is 5.59. The Kier molecular flexibility index (Phi) is 5.63. The van der Waals surface area contributed by atoms with E-state index in [4.69, 9.17) is 11.6 Å². The summed E-state index contributed by atoms with van der Waals surface area (Å²) in [6.07, 6.45) is 1.38. The van der Waals surface area contributed by atoms with Crippen LogP contribution in [0.25, 0.3) is 0 Å². The maximum Gasteiger partial charge on any atom is 0.241 e. The number of sulfonamides is 1. The van der Waals surface area contributed by atoms with Gasteiger partial charge in [0.05, 0.1) is 4.90 Å². The Labute approximate surface area is 115 Å². The van der Waals surface area contributed by atoms with Crippen LogP contribution in [-0.2, 0) is 16.4 Å². The van der Waals surface area contributed by atoms with Crippen LogP contribution in [0.1, 0.15) is 32.8 Å². The molecule has 0 aliphatic rings. The average molecular weight is 290 g/mol. The molecule has 1 rings (SSSR count). The molecule has 0 heterocycles. The molecule has 18 heavy (non-hydrogen) atoms. The van der Waals surface area contributed by atoms with Crippen molar-refractivity contribution in [1.82, 2.24) is 4.72 Å². The second-order valence-corrected chi connectivity index (χ2v) is 6.89. The topological polar surface area (TPSA) is 46.2 Å². The summed E-state index contributed by atoms with van der Waals surface area (Å²) in [7, 11) is -3.45. The quantitative estimate of drug-likeness (QED) is 0.819. The lowest BCUT2D eigenvalue weighted by molar-refractivity contribution is 0.568. The Bertz CT molecular complexity index is 486. The van der Waals surface area contributed by atoms with Gasteiger partial charge < -0.3 is 0 Å². The maximum absolute atomic E-state index is 12.2. The van der Waals surface area contributed by atoms with Crippen molar-refractivity contribution in [1.29, 1.82) is 0 Å². The Morgan fingerprint density at radius 1 is 1.28 bits per heavy atom. The number of alkyl halides is 1. The molecule has 0 radical (unpaired) electrons. The molecule has 0 aromatic heterocycles. The molecule has 0 aliphatic carbocycles. The van der Waals surface area contributed by atoms with E-state index in [2.05, 4.69) is 4.72 Å². The van der Waals surface area contributed by atoms with Crippen molar-refractivity contribution in [3.63, 3.8) is 0 Å². The van der Waals surface area contributed by atoms with E-state index in [9.17, 15) is 8.42 Å². The molecule has 1 atom stereocenters. The van der Waals surface area contributed by atoms with Crippen LogP contribution in [0.2, 0.25) is 0 Å². The molecule has 5 heteroatoms. The third-order valence-electron chi connectivity index (χ3n) is 2.54. The Morgan fingerprint density at radius 2 is 1.89 bits per heavy atom. The molecular formula is C13H20ClNO2S. The van der Waals surface area contributed by atoms with Crippen LogP contribution in [0.5, 0.6) is 0 Å². The standard InChI is InChI=1S/C13H20ClNO2S/c1-4-12(14)9-11-7-5-6-8-13(11)18(16,17)15-10(2)3/h5-8,10,12,15H,4,9H2,1-3H3. The van der Waals surface area contributed by atoms with E-state index in [-0.39, 0.29) is 11.4 Å². The molecule has 0 saturated carbocycles. The Balaban J connectivity index is 3.09. The summed E-state index contributed by atoms with van der Waals surface area (Å²) in [5.74, 6) is 0. The fourth-order valence-corrected chi connectivity index (χ4v) is 3.36. The van der Waals surface area contributed by atoms with Crippen molar-refractivity contribution in [3.05, 3.63) is 29.8 Å². The van der Waals surface area contributed by atoms with Gasteiger partial charge in [-0.15, -0.1) is 11.6 Å². The zero-order valence-corrected chi connectivity index (χ0v) is 12.6. The first-order valence-electron chi connectivity index (χ1n) is 6.11. The van der Waals surface area contributed by atoms with Crippen LogP contribution < -0.4 is 4.72 Å². The van der Waals surface area contributed by atoms with Crippen molar-refractivity contribution in [2.75, 3.05) is 0 Å². The van der Waals surface area contributed by atoms with E-state index in [0.717, 1.165) is 12.0 Å². The van der Waals surface area contributed by atoms with E-state index in [1.165, 1.54) is 0 Å². The van der Waals surface area contributed by atoms with Gasteiger partial charge in [-0.25, -0.2) is 13.1 Å². The first-order chi connectivity index (χ1) is 8.36. The zero-order chi connectivity index (χ0) is 13.8. The summed E-state index contributed by atoms with van der Waals surface area (Å²) in [6, 6.07) is 6.89. The predicted molar refractivity (Wildman–Crippen MR) is 75.5 cm³/mol. The van der Waals surface area contributed by atoms with Crippen molar-refractivity contribution < 1.29 is 8.42 Å². The lowest BCUT2D eigenvalue weighted by atomic mass is 10.1. The second-order valence-electron chi connectivity index (χ2n) is 4.59. The van der Waals surface area contributed by atoms with Crippen LogP contribution in [0.4, 0.5) is 0 Å². The monoisotopic (exact) mass is 289 g/mol. The van der Waals surface area contributed by atoms with Crippen LogP contribution in [0.3, 0.4) is 0 Å². The van der Waals surface area contributed by atoms with Gasteiger partial charge in [0.25, 0.3) is 0 Å². The van der Waals surface area contributed by atoms with E-state index >= 15 is 0 Å². The molecule has 1 aromatic rings. The fourth-order valence-electron chi connectivity index (χ4n) is 1.69. The first-order valence-corrected chi connectivity index (χ1v) is 8.03. The SMILES string of the molecule is CCC(Cl)Cc1ccccc1S(=O)(=O)NC(C)C. The van der Waals surface area contributed by atoms with E-state index < -0.39 is 10.0 Å². The van der Waals surface area contributed by atoms with Gasteiger partial charge in [-0.05, 0) is 38.3 Å². The molecule has 0 saturated heterocycles. The average Bonchev–Trinajstić information content (AvgIpc) is 2.27. The molecule has 1 N–H and O–H groups in total. The third kappa shape index (κ3) is 4.26. The summed E-state index contributed by atoms with van der Waals surface area (Å²) >= 11 is 6.11. The second kappa shape index (κ2) is 6.55. The highest BCUT2D eigenvalue weighted by Gasteiger charge is 2.19. The van der Waals surface area contributed by atoms with Gasteiger partial charge in [-0.2, -0.15) is 0 Å². The van der Waals surface area contributed by atoms with Crippen molar-refractivity contribution >= 4 is 21.6 Å². The minimum atomic E-state index is -3.45. The highest BCUT2D eigenvalue weighted by Crippen LogP contribution is 2.20. The van der Waals surface area contributed by atoms with E-state index in [1.807, 2.05) is 19.1 Å². The molecule has 3 nitrogen and oxygen atoms in total. The summed E-state index contributed by atoms with van der Waals surface area (Å²) < 4.78 is 27.0. The molecule has 0 amide bonds. The minimum absolute atomic E-state index is 0.0413. The fraction of sp³-hybridized carbons (Fsp3) is 0.538. The smallest absolute Gasteiger partial charge is 0.209 e. The predicted octanol–water partition coefficient (Wildman–Crippen LogP) is 2.93. The number of hydrogen-bond acceptors (Lipinski definition) is 2. The van der Waals surface area contributed by atoms with Gasteiger partial charge in [0.2, 0.25) is 10.0 Å². The highest BCUT2D eigenvalue weighted by molar-refractivity contribution is 7.89. The molecule has 0 fully saturated rings. The molecule has 0 aliphatic heterocycles. The molecule has 1 aromatic carbocycles. The Hall–Kier alpha value is -0.580. The van der Waals surface area contributed by atoms with Gasteiger partial charge >= 0.3 is 0 Å². The van der Waals surface area contributed by atoms with Crippen LogP contribution in [-0.4, -0.2) is 19.8 Å². The summed E-state index contributed by atoms with van der Waals surface area (Å²) in [5, 5.41) is -0.0413. The van der Waals surface area contributed by atoms with Gasteiger partial charge in [-0.3, -0.25) is 0 Å². The van der Waals surface area contributed by atoms with E-state index in [1.54, 1.807) is 26.0 Å². The number of hydrogen-bond donors (Lipinski definition) is 1. The zero-order valence-electron chi connectivity index (χ0n) is 11.0. The lowest BCUT2D eigenvalue weighted by Crippen LogP contribution is -2.31. The number of halogens is 1. The van der Waals surface area contributed by atoms with Gasteiger partial charge in [0.15, 0.2) is 0 Å². The molecule has 102 valence electrons. The molecule has 0 spiro atoms. The molecule has 0 bridgehead atoms. The Morgan fingerprint density at radius 3 is 2.44 bits per heavy atom. The number of nitrogens with one attached hydrogen (secondary N) is 1. The largest absolute Gasteiger partial charge is 0.241 e. The molecule has 1 unspecified atom stereocenters. The van der Waals surface area contributed by atoms with Crippen molar-refractivity contribution in [2.24, 2.45) is 0 Å². The number of rotatable bonds is 6. The van der Waals surface area contributed by atoms with Crippen LogP contribution >= 0.6 is 11.6 Å². The molecular weight excluding hydrogens is 270 g/mol. The third-order valence-corrected chi connectivity index (χ3v) is 4.76.